The molecule has 3 heterocycles. The first-order valence-electron chi connectivity index (χ1n) is 10.2. The summed E-state index contributed by atoms with van der Waals surface area (Å²) in [5.74, 6) is -2.85. The fraction of sp³-hybridized carbons (Fsp3) is 0.261. The van der Waals surface area contributed by atoms with Crippen LogP contribution in [-0.4, -0.2) is 51.0 Å². The van der Waals surface area contributed by atoms with Gasteiger partial charge in [-0.15, -0.1) is 0 Å². The molecule has 4 rings (SSSR count). The lowest BCUT2D eigenvalue weighted by atomic mass is 10.2. The number of nitrogens with zero attached hydrogens (tertiary/aromatic N) is 3. The summed E-state index contributed by atoms with van der Waals surface area (Å²) in [7, 11) is 3.71. The average Bonchev–Trinajstić information content (AvgIpc) is 3.32. The molecule has 0 aliphatic carbocycles. The van der Waals surface area contributed by atoms with Gasteiger partial charge in [0.15, 0.2) is 0 Å². The van der Waals surface area contributed by atoms with E-state index in [1.807, 2.05) is 37.4 Å². The van der Waals surface area contributed by atoms with Crippen molar-refractivity contribution in [2.75, 3.05) is 13.7 Å². The fourth-order valence-electron chi connectivity index (χ4n) is 3.55. The number of aromatic nitrogens is 3. The van der Waals surface area contributed by atoms with Crippen LogP contribution in [0.1, 0.15) is 16.1 Å². The molecule has 0 unspecified atom stereocenters. The molecule has 2 N–H and O–H groups in total. The summed E-state index contributed by atoms with van der Waals surface area (Å²) < 4.78 is 41.2. The number of halogens is 3. The molecule has 1 aromatic carbocycles. The number of amides is 1. The van der Waals surface area contributed by atoms with Crippen LogP contribution in [0.4, 0.5) is 13.2 Å². The van der Waals surface area contributed by atoms with Gasteiger partial charge in [0.05, 0.1) is 23.2 Å². The Hall–Kier alpha value is -3.86. The van der Waals surface area contributed by atoms with Gasteiger partial charge in [0, 0.05) is 45.0 Å². The van der Waals surface area contributed by atoms with Gasteiger partial charge in [0.2, 0.25) is 0 Å². The summed E-state index contributed by atoms with van der Waals surface area (Å²) >= 11 is 0. The maximum atomic E-state index is 12.9. The number of carboxylic acid groups (broad SMARTS) is 1. The van der Waals surface area contributed by atoms with Gasteiger partial charge in [-0.25, -0.2) is 4.79 Å². The Balaban J connectivity index is 0.000000406. The summed E-state index contributed by atoms with van der Waals surface area (Å²) in [6.07, 6.45) is -1.63. The second-order valence-electron chi connectivity index (χ2n) is 7.33. The molecule has 0 saturated carbocycles. The molecule has 0 aliphatic heterocycles. The SMILES string of the molecule is COCCn1c(C(=O)NCc2ccncc2)cc2c1c1ccccc1n2C.O=C(O)C(F)(F)F. The van der Waals surface area contributed by atoms with Crippen LogP contribution in [0.15, 0.2) is 54.9 Å². The van der Waals surface area contributed by atoms with Gasteiger partial charge in [0.25, 0.3) is 5.91 Å². The third-order valence-electron chi connectivity index (χ3n) is 5.16. The Morgan fingerprint density at radius 2 is 1.76 bits per heavy atom. The largest absolute Gasteiger partial charge is 0.490 e. The van der Waals surface area contributed by atoms with Gasteiger partial charge < -0.3 is 24.3 Å². The summed E-state index contributed by atoms with van der Waals surface area (Å²) in [5, 5.41) is 11.3. The molecule has 0 fully saturated rings. The smallest absolute Gasteiger partial charge is 0.475 e. The molecule has 0 aliphatic rings. The molecular formula is C23H23F3N4O4. The first-order chi connectivity index (χ1) is 16.1. The highest BCUT2D eigenvalue weighted by molar-refractivity contribution is 6.10. The third-order valence-corrected chi connectivity index (χ3v) is 5.16. The van der Waals surface area contributed by atoms with E-state index in [1.165, 1.54) is 0 Å². The van der Waals surface area contributed by atoms with Crippen LogP contribution in [0, 0.1) is 0 Å². The number of hydrogen-bond acceptors (Lipinski definition) is 4. The number of para-hydroxylation sites is 1. The van der Waals surface area contributed by atoms with Crippen LogP contribution in [0.3, 0.4) is 0 Å². The molecule has 0 bridgehead atoms. The van der Waals surface area contributed by atoms with Crippen LogP contribution >= 0.6 is 0 Å². The van der Waals surface area contributed by atoms with Crippen LogP contribution < -0.4 is 5.32 Å². The molecule has 11 heteroatoms. The zero-order valence-corrected chi connectivity index (χ0v) is 18.5. The monoisotopic (exact) mass is 476 g/mol. The van der Waals surface area contributed by atoms with Gasteiger partial charge in [-0.3, -0.25) is 9.78 Å². The number of carbonyl (C=O) groups excluding carboxylic acids is 1. The molecule has 0 spiro atoms. The highest BCUT2D eigenvalue weighted by Gasteiger charge is 2.38. The maximum absolute atomic E-state index is 12.9. The molecule has 0 radical (unpaired) electrons. The predicted molar refractivity (Wildman–Crippen MR) is 119 cm³/mol. The number of benzene rings is 1. The number of carboxylic acids is 1. The minimum atomic E-state index is -5.08. The Morgan fingerprint density at radius 3 is 2.38 bits per heavy atom. The molecule has 0 atom stereocenters. The highest BCUT2D eigenvalue weighted by atomic mass is 19.4. The number of aliphatic carboxylic acids is 1. The van der Waals surface area contributed by atoms with Gasteiger partial charge in [-0.1, -0.05) is 18.2 Å². The van der Waals surface area contributed by atoms with E-state index in [1.54, 1.807) is 19.5 Å². The lowest BCUT2D eigenvalue weighted by Crippen LogP contribution is -2.26. The van der Waals surface area contributed by atoms with E-state index in [4.69, 9.17) is 14.6 Å². The quantitative estimate of drug-likeness (QED) is 0.442. The zero-order valence-electron chi connectivity index (χ0n) is 18.5. The number of methoxy groups -OCH3 is 1. The van der Waals surface area contributed by atoms with E-state index in [-0.39, 0.29) is 5.91 Å². The number of alkyl halides is 3. The first kappa shape index (κ1) is 24.8. The van der Waals surface area contributed by atoms with Crippen LogP contribution in [0.25, 0.3) is 21.9 Å². The van der Waals surface area contributed by atoms with Crippen molar-refractivity contribution in [2.45, 2.75) is 19.3 Å². The van der Waals surface area contributed by atoms with Crippen LogP contribution in [-0.2, 0) is 29.7 Å². The summed E-state index contributed by atoms with van der Waals surface area (Å²) in [6, 6.07) is 14.0. The summed E-state index contributed by atoms with van der Waals surface area (Å²) in [4.78, 5) is 25.8. The van der Waals surface area contributed by atoms with Crippen molar-refractivity contribution in [3.05, 3.63) is 66.1 Å². The van der Waals surface area contributed by atoms with E-state index >= 15 is 0 Å². The predicted octanol–water partition coefficient (Wildman–Crippen LogP) is 3.74. The van der Waals surface area contributed by atoms with Crippen LogP contribution in [0.5, 0.6) is 0 Å². The molecule has 8 nitrogen and oxygen atoms in total. The normalized spacial score (nSPS) is 11.3. The molecule has 180 valence electrons. The fourth-order valence-corrected chi connectivity index (χ4v) is 3.55. The molecule has 0 saturated heterocycles. The number of aryl methyl sites for hydroxylation is 1. The van der Waals surface area contributed by atoms with Gasteiger partial charge in [-0.2, -0.15) is 13.2 Å². The van der Waals surface area contributed by atoms with E-state index < -0.39 is 12.1 Å². The van der Waals surface area contributed by atoms with Crippen molar-refractivity contribution >= 4 is 33.8 Å². The van der Waals surface area contributed by atoms with Crippen LogP contribution in [0.2, 0.25) is 0 Å². The highest BCUT2D eigenvalue weighted by Crippen LogP contribution is 2.31. The van der Waals surface area contributed by atoms with Gasteiger partial charge in [0.1, 0.15) is 5.69 Å². The minimum Gasteiger partial charge on any atom is -0.475 e. The van der Waals surface area contributed by atoms with Crippen molar-refractivity contribution in [2.24, 2.45) is 7.05 Å². The number of carbonyl (C=O) groups is 2. The number of pyridine rings is 1. The van der Waals surface area contributed by atoms with Crippen molar-refractivity contribution in [3.8, 4) is 0 Å². The maximum Gasteiger partial charge on any atom is 0.490 e. The van der Waals surface area contributed by atoms with E-state index in [0.717, 1.165) is 27.5 Å². The molecule has 3 aromatic heterocycles. The second kappa shape index (κ2) is 10.4. The lowest BCUT2D eigenvalue weighted by molar-refractivity contribution is -0.192. The zero-order chi connectivity index (χ0) is 24.9. The van der Waals surface area contributed by atoms with Crippen molar-refractivity contribution < 1.29 is 32.6 Å². The van der Waals surface area contributed by atoms with E-state index in [2.05, 4.69) is 31.6 Å². The van der Waals surface area contributed by atoms with E-state index in [9.17, 15) is 18.0 Å². The minimum absolute atomic E-state index is 0.0943. The number of nitrogens with one attached hydrogen (secondary N) is 1. The number of rotatable bonds is 6. The second-order valence-corrected chi connectivity index (χ2v) is 7.33. The molecule has 4 aromatic rings. The summed E-state index contributed by atoms with van der Waals surface area (Å²) in [6.45, 7) is 1.62. The first-order valence-corrected chi connectivity index (χ1v) is 10.2. The molecular weight excluding hydrogens is 453 g/mol. The third kappa shape index (κ3) is 5.37. The lowest BCUT2D eigenvalue weighted by Gasteiger charge is -2.11. The Labute approximate surface area is 192 Å². The number of hydrogen-bond donors (Lipinski definition) is 2. The van der Waals surface area contributed by atoms with Gasteiger partial charge in [-0.05, 0) is 29.8 Å². The van der Waals surface area contributed by atoms with Crippen molar-refractivity contribution in [1.82, 2.24) is 19.4 Å². The molecule has 1 amide bonds. The number of fused-ring (bicyclic) bond motifs is 3. The van der Waals surface area contributed by atoms with Crippen molar-refractivity contribution in [3.63, 3.8) is 0 Å². The number of ether oxygens (including phenoxy) is 1. The molecule has 34 heavy (non-hydrogen) atoms. The van der Waals surface area contributed by atoms with Crippen molar-refractivity contribution in [1.29, 1.82) is 0 Å². The Kier molecular flexibility index (Phi) is 7.57. The van der Waals surface area contributed by atoms with E-state index in [0.29, 0.717) is 25.4 Å². The Bertz CT molecular complexity index is 1300. The average molecular weight is 476 g/mol. The summed E-state index contributed by atoms with van der Waals surface area (Å²) in [5.41, 5.74) is 4.92. The van der Waals surface area contributed by atoms with Gasteiger partial charge >= 0.3 is 12.1 Å². The Morgan fingerprint density at radius 1 is 1.12 bits per heavy atom. The topological polar surface area (TPSA) is 98.4 Å². The standard InChI is InChI=1S/C21H22N4O2.C2HF3O2/c1-24-17-6-4-3-5-16(17)20-18(24)13-19(25(20)11-12-27-2)21(26)23-14-15-7-9-22-10-8-15;3-2(4,5)1(6)7/h3-10,13H,11-12,14H2,1-2H3,(H,23,26);(H,6,7).